The zero-order chi connectivity index (χ0) is 20.0. The Kier molecular flexibility index (Phi) is 4.81. The molecule has 3 nitrogen and oxygen atoms in total. The molecule has 3 N–H and O–H groups in total. The summed E-state index contributed by atoms with van der Waals surface area (Å²) in [6.45, 7) is 3.63. The van der Waals surface area contributed by atoms with Crippen molar-refractivity contribution < 1.29 is 0 Å². The van der Waals surface area contributed by atoms with Crippen molar-refractivity contribution in [1.29, 1.82) is 0 Å². The van der Waals surface area contributed by atoms with Gasteiger partial charge in [0.2, 0.25) is 0 Å². The van der Waals surface area contributed by atoms with Crippen molar-refractivity contribution >= 4 is 28.2 Å². The average molecular weight is 404 g/mol. The zero-order valence-electron chi connectivity index (χ0n) is 16.7. The van der Waals surface area contributed by atoms with Crippen LogP contribution < -0.4 is 11.1 Å². The Morgan fingerprint density at radius 3 is 2.69 bits per heavy atom. The van der Waals surface area contributed by atoms with Crippen LogP contribution in [0.2, 0.25) is 5.02 Å². The normalized spacial score (nSPS) is 20.3. The van der Waals surface area contributed by atoms with Gasteiger partial charge in [0.15, 0.2) is 0 Å². The molecular weight excluding hydrogens is 378 g/mol. The maximum atomic E-state index is 6.29. The minimum absolute atomic E-state index is 0.545. The first-order valence-electron chi connectivity index (χ1n) is 10.4. The van der Waals surface area contributed by atoms with Crippen molar-refractivity contribution in [3.8, 4) is 0 Å². The van der Waals surface area contributed by atoms with Crippen LogP contribution in [-0.4, -0.2) is 4.98 Å². The lowest BCUT2D eigenvalue weighted by Gasteiger charge is -2.36. The van der Waals surface area contributed by atoms with E-state index in [4.69, 9.17) is 22.3 Å². The Hall–Kier alpha value is -2.36. The Balaban J connectivity index is 1.58. The minimum Gasteiger partial charge on any atom is -0.380 e. The summed E-state index contributed by atoms with van der Waals surface area (Å²) in [4.78, 5) is 5.05. The molecule has 4 heteroatoms. The summed E-state index contributed by atoms with van der Waals surface area (Å²) in [5.41, 5.74) is 14.5. The third-order valence-electron chi connectivity index (χ3n) is 6.33. The van der Waals surface area contributed by atoms with Crippen LogP contribution in [0.1, 0.15) is 48.1 Å². The first kappa shape index (κ1) is 18.7. The number of aromatic nitrogens is 1. The van der Waals surface area contributed by atoms with Crippen LogP contribution in [0.4, 0.5) is 5.69 Å². The van der Waals surface area contributed by atoms with Crippen LogP contribution in [0.15, 0.2) is 54.1 Å². The van der Waals surface area contributed by atoms with E-state index in [-0.39, 0.29) is 0 Å². The highest BCUT2D eigenvalue weighted by Gasteiger charge is 2.33. The smallest absolute Gasteiger partial charge is 0.0741 e. The Bertz CT molecular complexity index is 1100. The van der Waals surface area contributed by atoms with Crippen LogP contribution in [0.5, 0.6) is 0 Å². The van der Waals surface area contributed by atoms with Crippen molar-refractivity contribution in [1.82, 2.24) is 4.98 Å². The maximum Gasteiger partial charge on any atom is 0.0741 e. The van der Waals surface area contributed by atoms with E-state index in [1.165, 1.54) is 34.5 Å². The second kappa shape index (κ2) is 7.47. The third-order valence-corrected chi connectivity index (χ3v) is 6.57. The van der Waals surface area contributed by atoms with Gasteiger partial charge in [-0.1, -0.05) is 47.5 Å². The van der Waals surface area contributed by atoms with Gasteiger partial charge in [-0.05, 0) is 67.3 Å². The molecule has 2 aliphatic rings. The number of benzene rings is 2. The molecule has 2 aliphatic carbocycles. The van der Waals surface area contributed by atoms with Gasteiger partial charge in [-0.2, -0.15) is 0 Å². The molecule has 2 atom stereocenters. The number of anilines is 1. The van der Waals surface area contributed by atoms with E-state index in [9.17, 15) is 0 Å². The number of halogens is 1. The van der Waals surface area contributed by atoms with Gasteiger partial charge in [-0.15, -0.1) is 0 Å². The van der Waals surface area contributed by atoms with E-state index in [1.807, 2.05) is 12.1 Å². The van der Waals surface area contributed by atoms with Gasteiger partial charge in [0.1, 0.15) is 0 Å². The molecule has 29 heavy (non-hydrogen) atoms. The largest absolute Gasteiger partial charge is 0.380 e. The van der Waals surface area contributed by atoms with Crippen LogP contribution >= 0.6 is 11.6 Å². The summed E-state index contributed by atoms with van der Waals surface area (Å²) >= 11 is 6.29. The molecular formula is C25H26ClN3. The van der Waals surface area contributed by atoms with Crippen molar-refractivity contribution in [3.63, 3.8) is 0 Å². The second-order valence-electron chi connectivity index (χ2n) is 8.50. The number of fused-ring (bicyclic) bond motifs is 5. The first-order valence-corrected chi connectivity index (χ1v) is 10.8. The molecule has 0 fully saturated rings. The van der Waals surface area contributed by atoms with Gasteiger partial charge in [-0.3, -0.25) is 4.98 Å². The summed E-state index contributed by atoms with van der Waals surface area (Å²) < 4.78 is 0. The lowest BCUT2D eigenvalue weighted by molar-refractivity contribution is 0.433. The molecule has 0 spiro atoms. The van der Waals surface area contributed by atoms with E-state index >= 15 is 0 Å². The van der Waals surface area contributed by atoms with Gasteiger partial charge in [0.25, 0.3) is 0 Å². The molecule has 0 radical (unpaired) electrons. The van der Waals surface area contributed by atoms with Gasteiger partial charge < -0.3 is 11.1 Å². The highest BCUT2D eigenvalue weighted by molar-refractivity contribution is 6.31. The Morgan fingerprint density at radius 1 is 1.10 bits per heavy atom. The first-order chi connectivity index (χ1) is 14.1. The summed E-state index contributed by atoms with van der Waals surface area (Å²) in [7, 11) is 0. The van der Waals surface area contributed by atoms with Crippen molar-refractivity contribution in [3.05, 3.63) is 81.5 Å². The van der Waals surface area contributed by atoms with E-state index in [0.717, 1.165) is 40.9 Å². The maximum absolute atomic E-state index is 6.29. The fraction of sp³-hybridized carbons (Fsp3) is 0.320. The van der Waals surface area contributed by atoms with Gasteiger partial charge in [0, 0.05) is 40.4 Å². The molecule has 3 aromatic rings. The predicted octanol–water partition coefficient (Wildman–Crippen LogP) is 5.96. The second-order valence-corrected chi connectivity index (χ2v) is 8.93. The van der Waals surface area contributed by atoms with E-state index < -0.39 is 0 Å². The molecule has 0 aliphatic heterocycles. The fourth-order valence-electron chi connectivity index (χ4n) is 5.06. The minimum atomic E-state index is 0.545. The molecule has 148 valence electrons. The molecule has 2 bridgehead atoms. The lowest BCUT2D eigenvalue weighted by Crippen LogP contribution is -2.24. The number of nitrogens with one attached hydrogen (secondary N) is 1. The fourth-order valence-corrected chi connectivity index (χ4v) is 5.23. The van der Waals surface area contributed by atoms with Crippen LogP contribution in [0, 0.1) is 5.92 Å². The van der Waals surface area contributed by atoms with Crippen molar-refractivity contribution in [2.75, 3.05) is 5.32 Å². The number of hydrogen-bond acceptors (Lipinski definition) is 3. The SMILES string of the molecule is CC1=CC2Cc3nc4cc(Cl)ccc4c(NCc4ccc(CN)cc4)c3C(C1)C2. The Morgan fingerprint density at radius 2 is 1.90 bits per heavy atom. The summed E-state index contributed by atoms with van der Waals surface area (Å²) in [5.74, 6) is 1.16. The van der Waals surface area contributed by atoms with Gasteiger partial charge in [0.05, 0.1) is 5.52 Å². The molecule has 1 heterocycles. The number of hydrogen-bond donors (Lipinski definition) is 2. The highest BCUT2D eigenvalue weighted by atomic mass is 35.5. The monoisotopic (exact) mass is 403 g/mol. The lowest BCUT2D eigenvalue weighted by atomic mass is 9.71. The third kappa shape index (κ3) is 3.54. The average Bonchev–Trinajstić information content (AvgIpc) is 2.71. The number of rotatable bonds is 4. The quantitative estimate of drug-likeness (QED) is 0.529. The molecule has 0 saturated heterocycles. The summed E-state index contributed by atoms with van der Waals surface area (Å²) in [5, 5.41) is 5.67. The summed E-state index contributed by atoms with van der Waals surface area (Å²) in [6, 6.07) is 14.6. The predicted molar refractivity (Wildman–Crippen MR) is 121 cm³/mol. The topological polar surface area (TPSA) is 50.9 Å². The van der Waals surface area contributed by atoms with Gasteiger partial charge in [-0.25, -0.2) is 0 Å². The molecule has 0 saturated carbocycles. The molecule has 0 amide bonds. The molecule has 5 rings (SSSR count). The zero-order valence-corrected chi connectivity index (χ0v) is 17.5. The van der Waals surface area contributed by atoms with Crippen LogP contribution in [-0.2, 0) is 19.5 Å². The standard InChI is InChI=1S/C25H26ClN3/c1-15-8-18-10-19(9-15)24-23(11-18)29-22-12-20(26)6-7-21(22)25(24)28-14-17-4-2-16(13-27)3-5-17/h2-8,12,18-19H,9-11,13-14,27H2,1H3,(H,28,29). The van der Waals surface area contributed by atoms with E-state index in [2.05, 4.69) is 48.6 Å². The highest BCUT2D eigenvalue weighted by Crippen LogP contribution is 2.47. The molecule has 2 unspecified atom stereocenters. The number of nitrogens with two attached hydrogens (primary N) is 1. The van der Waals surface area contributed by atoms with E-state index in [1.54, 1.807) is 0 Å². The number of nitrogens with zero attached hydrogens (tertiary/aromatic N) is 1. The van der Waals surface area contributed by atoms with Crippen LogP contribution in [0.25, 0.3) is 10.9 Å². The van der Waals surface area contributed by atoms with Gasteiger partial charge >= 0.3 is 0 Å². The Labute approximate surface area is 177 Å². The van der Waals surface area contributed by atoms with E-state index in [0.29, 0.717) is 18.4 Å². The summed E-state index contributed by atoms with van der Waals surface area (Å²) in [6.07, 6.45) is 5.83. The van der Waals surface area contributed by atoms with Crippen LogP contribution in [0.3, 0.4) is 0 Å². The molecule has 1 aromatic heterocycles. The van der Waals surface area contributed by atoms with Crippen molar-refractivity contribution in [2.45, 2.75) is 45.2 Å². The molecule has 2 aromatic carbocycles. The number of pyridine rings is 1. The van der Waals surface area contributed by atoms with Crippen molar-refractivity contribution in [2.24, 2.45) is 11.7 Å². The number of allylic oxidation sites excluding steroid dienone is 2.